The minimum atomic E-state index is -0.344. The largest absolute Gasteiger partial charge is 0.321 e. The van der Waals surface area contributed by atoms with Crippen LogP contribution in [0.2, 0.25) is 0 Å². The van der Waals surface area contributed by atoms with Gasteiger partial charge in [0.25, 0.3) is 0 Å². The molecular formula is C18H24N2S. The zero-order valence-electron chi connectivity index (χ0n) is 13.2. The molecule has 0 saturated carbocycles. The Balaban J connectivity index is 1.87. The molecule has 2 aromatic rings. The van der Waals surface area contributed by atoms with Gasteiger partial charge in [-0.25, -0.2) is 4.98 Å². The predicted octanol–water partition coefficient (Wildman–Crippen LogP) is 4.06. The van der Waals surface area contributed by atoms with Gasteiger partial charge in [-0.3, -0.25) is 0 Å². The Kier molecular flexibility index (Phi) is 3.89. The fourth-order valence-electron chi connectivity index (χ4n) is 3.12. The standard InChI is InChI=1S/C18H24N2S/c1-12-13(2)21-17(20-12)11-18(3,19)16-9-8-14-6-4-5-7-15(14)10-16/h8-10H,4-7,11,19H2,1-3H3. The summed E-state index contributed by atoms with van der Waals surface area (Å²) >= 11 is 1.77. The maximum atomic E-state index is 6.63. The molecular weight excluding hydrogens is 276 g/mol. The van der Waals surface area contributed by atoms with Crippen LogP contribution in [-0.4, -0.2) is 4.98 Å². The van der Waals surface area contributed by atoms with Gasteiger partial charge < -0.3 is 5.73 Å². The van der Waals surface area contributed by atoms with Crippen molar-refractivity contribution in [2.45, 2.75) is 58.4 Å². The molecule has 0 amide bonds. The minimum absolute atomic E-state index is 0.344. The smallest absolute Gasteiger partial charge is 0.0952 e. The average Bonchev–Trinajstić information content (AvgIpc) is 2.76. The van der Waals surface area contributed by atoms with E-state index in [1.54, 1.807) is 11.3 Å². The van der Waals surface area contributed by atoms with E-state index in [1.807, 2.05) is 0 Å². The first-order valence-electron chi connectivity index (χ1n) is 7.80. The van der Waals surface area contributed by atoms with Crippen molar-refractivity contribution in [1.29, 1.82) is 0 Å². The molecule has 3 rings (SSSR count). The van der Waals surface area contributed by atoms with Crippen molar-refractivity contribution >= 4 is 11.3 Å². The molecule has 2 N–H and O–H groups in total. The zero-order valence-corrected chi connectivity index (χ0v) is 14.0. The Morgan fingerprint density at radius 2 is 1.90 bits per heavy atom. The molecule has 2 nitrogen and oxygen atoms in total. The molecule has 1 heterocycles. The van der Waals surface area contributed by atoms with Crippen molar-refractivity contribution in [3.05, 3.63) is 50.5 Å². The summed E-state index contributed by atoms with van der Waals surface area (Å²) in [7, 11) is 0. The van der Waals surface area contributed by atoms with Crippen LogP contribution < -0.4 is 5.73 Å². The number of aryl methyl sites for hydroxylation is 4. The van der Waals surface area contributed by atoms with Gasteiger partial charge in [-0.05, 0) is 63.1 Å². The fourth-order valence-corrected chi connectivity index (χ4v) is 4.22. The summed E-state index contributed by atoms with van der Waals surface area (Å²) in [5.41, 5.74) is 11.7. The number of thiazole rings is 1. The van der Waals surface area contributed by atoms with Gasteiger partial charge in [-0.15, -0.1) is 11.3 Å². The van der Waals surface area contributed by atoms with Gasteiger partial charge in [-0.2, -0.15) is 0 Å². The minimum Gasteiger partial charge on any atom is -0.321 e. The van der Waals surface area contributed by atoms with E-state index in [-0.39, 0.29) is 5.54 Å². The highest BCUT2D eigenvalue weighted by Crippen LogP contribution is 2.30. The van der Waals surface area contributed by atoms with Crippen LogP contribution in [0.4, 0.5) is 0 Å². The number of aromatic nitrogens is 1. The Morgan fingerprint density at radius 1 is 1.19 bits per heavy atom. The molecule has 0 fully saturated rings. The molecule has 1 unspecified atom stereocenters. The topological polar surface area (TPSA) is 38.9 Å². The highest BCUT2D eigenvalue weighted by Gasteiger charge is 2.25. The number of rotatable bonds is 3. The van der Waals surface area contributed by atoms with E-state index in [0.29, 0.717) is 0 Å². The van der Waals surface area contributed by atoms with E-state index in [1.165, 1.54) is 47.3 Å². The van der Waals surface area contributed by atoms with Crippen LogP contribution in [0.25, 0.3) is 0 Å². The summed E-state index contributed by atoms with van der Waals surface area (Å²) in [4.78, 5) is 5.94. The first-order valence-corrected chi connectivity index (χ1v) is 8.61. The van der Waals surface area contributed by atoms with Gasteiger partial charge in [0.15, 0.2) is 0 Å². The zero-order chi connectivity index (χ0) is 15.0. The van der Waals surface area contributed by atoms with Crippen LogP contribution in [0.1, 0.15) is 52.0 Å². The quantitative estimate of drug-likeness (QED) is 0.928. The molecule has 112 valence electrons. The second-order valence-corrected chi connectivity index (χ2v) is 7.82. The lowest BCUT2D eigenvalue weighted by Gasteiger charge is -2.26. The first kappa shape index (κ1) is 14.7. The van der Waals surface area contributed by atoms with E-state index in [0.717, 1.165) is 17.1 Å². The lowest BCUT2D eigenvalue weighted by atomic mass is 9.84. The summed E-state index contributed by atoms with van der Waals surface area (Å²) in [6, 6.07) is 6.84. The third-order valence-corrected chi connectivity index (χ3v) is 5.67. The van der Waals surface area contributed by atoms with Gasteiger partial charge in [0, 0.05) is 16.8 Å². The van der Waals surface area contributed by atoms with E-state index >= 15 is 0 Å². The Bertz CT molecular complexity index is 636. The average molecular weight is 300 g/mol. The van der Waals surface area contributed by atoms with Crippen LogP contribution in [-0.2, 0) is 24.8 Å². The number of hydrogen-bond acceptors (Lipinski definition) is 3. The number of hydrogen-bond donors (Lipinski definition) is 1. The number of nitrogens with zero attached hydrogens (tertiary/aromatic N) is 1. The molecule has 1 aliphatic rings. The molecule has 0 bridgehead atoms. The monoisotopic (exact) mass is 300 g/mol. The molecule has 1 aliphatic carbocycles. The van der Waals surface area contributed by atoms with Crippen LogP contribution >= 0.6 is 11.3 Å². The van der Waals surface area contributed by atoms with Gasteiger partial charge in [0.05, 0.1) is 10.7 Å². The molecule has 21 heavy (non-hydrogen) atoms. The molecule has 1 aromatic heterocycles. The third kappa shape index (κ3) is 3.04. The van der Waals surface area contributed by atoms with Crippen molar-refractivity contribution in [1.82, 2.24) is 4.98 Å². The molecule has 0 saturated heterocycles. The number of benzene rings is 1. The van der Waals surface area contributed by atoms with Gasteiger partial charge >= 0.3 is 0 Å². The highest BCUT2D eigenvalue weighted by atomic mass is 32.1. The van der Waals surface area contributed by atoms with E-state index in [4.69, 9.17) is 5.73 Å². The van der Waals surface area contributed by atoms with Crippen LogP contribution in [0.5, 0.6) is 0 Å². The summed E-state index contributed by atoms with van der Waals surface area (Å²) in [6.07, 6.45) is 5.87. The van der Waals surface area contributed by atoms with Gasteiger partial charge in [-0.1, -0.05) is 18.2 Å². The second-order valence-electron chi connectivity index (χ2n) is 6.53. The normalized spacial score (nSPS) is 17.3. The van der Waals surface area contributed by atoms with Crippen molar-refractivity contribution < 1.29 is 0 Å². The van der Waals surface area contributed by atoms with E-state index in [2.05, 4.69) is 44.0 Å². The third-order valence-electron chi connectivity index (χ3n) is 4.60. The van der Waals surface area contributed by atoms with E-state index < -0.39 is 0 Å². The second kappa shape index (κ2) is 5.54. The van der Waals surface area contributed by atoms with Crippen molar-refractivity contribution in [2.24, 2.45) is 5.73 Å². The van der Waals surface area contributed by atoms with E-state index in [9.17, 15) is 0 Å². The maximum Gasteiger partial charge on any atom is 0.0952 e. The Labute approximate surface area is 131 Å². The SMILES string of the molecule is Cc1nc(CC(C)(N)c2ccc3c(c2)CCCC3)sc1C. The van der Waals surface area contributed by atoms with Gasteiger partial charge in [0.2, 0.25) is 0 Å². The van der Waals surface area contributed by atoms with Crippen LogP contribution in [0.3, 0.4) is 0 Å². The highest BCUT2D eigenvalue weighted by molar-refractivity contribution is 7.11. The molecule has 3 heteroatoms. The Hall–Kier alpha value is -1.19. The molecule has 0 aliphatic heterocycles. The van der Waals surface area contributed by atoms with Crippen molar-refractivity contribution in [3.8, 4) is 0 Å². The predicted molar refractivity (Wildman–Crippen MR) is 89.9 cm³/mol. The summed E-state index contributed by atoms with van der Waals surface area (Å²) in [5, 5.41) is 1.15. The number of fused-ring (bicyclic) bond motifs is 1. The summed E-state index contributed by atoms with van der Waals surface area (Å²) in [5.74, 6) is 0. The molecule has 1 aromatic carbocycles. The molecule has 0 spiro atoms. The summed E-state index contributed by atoms with van der Waals surface area (Å²) < 4.78 is 0. The van der Waals surface area contributed by atoms with Gasteiger partial charge in [0.1, 0.15) is 0 Å². The van der Waals surface area contributed by atoms with Crippen LogP contribution in [0.15, 0.2) is 18.2 Å². The molecule has 1 atom stereocenters. The maximum absolute atomic E-state index is 6.63. The lowest BCUT2D eigenvalue weighted by molar-refractivity contribution is 0.488. The van der Waals surface area contributed by atoms with Crippen LogP contribution in [0, 0.1) is 13.8 Å². The fraction of sp³-hybridized carbons (Fsp3) is 0.500. The first-order chi connectivity index (χ1) is 9.95. The van der Waals surface area contributed by atoms with Crippen molar-refractivity contribution in [2.75, 3.05) is 0 Å². The number of nitrogens with two attached hydrogens (primary N) is 1. The summed E-state index contributed by atoms with van der Waals surface area (Å²) in [6.45, 7) is 6.33. The lowest BCUT2D eigenvalue weighted by Crippen LogP contribution is -2.35. The van der Waals surface area contributed by atoms with Crippen molar-refractivity contribution in [3.63, 3.8) is 0 Å². The molecule has 0 radical (unpaired) electrons. The Morgan fingerprint density at radius 3 is 2.57 bits per heavy atom.